The molecule has 2 aromatic rings. The van der Waals surface area contributed by atoms with Crippen molar-refractivity contribution in [3.05, 3.63) is 60.7 Å². The maximum absolute atomic E-state index is 12.0. The second kappa shape index (κ2) is 12.5. The Balaban J connectivity index is 1.99. The summed E-state index contributed by atoms with van der Waals surface area (Å²) in [5, 5.41) is 14.9. The predicted molar refractivity (Wildman–Crippen MR) is 142 cm³/mol. The minimum Gasteiger partial charge on any atom is -0.444 e. The third-order valence-corrected chi connectivity index (χ3v) is 10.9. The van der Waals surface area contributed by atoms with Crippen LogP contribution in [-0.4, -0.2) is 44.4 Å². The molecular weight excluding hydrogens is 442 g/mol. The molecule has 5 nitrogen and oxygen atoms in total. The molecular formula is C28H43NO4Si. The molecule has 6 heteroatoms. The molecule has 0 fully saturated rings. The molecule has 2 N–H and O–H groups in total. The zero-order valence-corrected chi connectivity index (χ0v) is 22.8. The van der Waals surface area contributed by atoms with Crippen LogP contribution in [0.4, 0.5) is 4.79 Å². The molecule has 188 valence electrons. The van der Waals surface area contributed by atoms with Crippen LogP contribution in [0.15, 0.2) is 60.7 Å². The maximum atomic E-state index is 12.0. The van der Waals surface area contributed by atoms with E-state index in [0.29, 0.717) is 13.0 Å². The number of amides is 1. The van der Waals surface area contributed by atoms with E-state index < -0.39 is 20.0 Å². The Hall–Kier alpha value is -2.15. The summed E-state index contributed by atoms with van der Waals surface area (Å²) in [5.74, 6) is 0. The van der Waals surface area contributed by atoms with Gasteiger partial charge in [-0.05, 0) is 49.0 Å². The molecule has 2 rings (SSSR count). The van der Waals surface area contributed by atoms with Crippen LogP contribution in [0, 0.1) is 0 Å². The van der Waals surface area contributed by atoms with E-state index in [1.54, 1.807) is 0 Å². The first kappa shape index (κ1) is 28.1. The van der Waals surface area contributed by atoms with Crippen molar-refractivity contribution in [3.8, 4) is 0 Å². The van der Waals surface area contributed by atoms with E-state index in [1.165, 1.54) is 10.4 Å². The molecule has 0 aliphatic heterocycles. The van der Waals surface area contributed by atoms with Crippen LogP contribution in [0.2, 0.25) is 5.04 Å². The SMILES string of the molecule is CC(C)(C)OC(=O)N[C@@H](CO)CCCCCO[Si](c1ccccc1)(c1ccccc1)C(C)(C)C. The van der Waals surface area contributed by atoms with E-state index in [4.69, 9.17) is 9.16 Å². The minimum atomic E-state index is -2.50. The number of unbranched alkanes of at least 4 members (excludes halogenated alkanes) is 2. The highest BCUT2D eigenvalue weighted by Gasteiger charge is 2.49. The number of aliphatic hydroxyl groups excluding tert-OH is 1. The number of benzene rings is 2. The van der Waals surface area contributed by atoms with Gasteiger partial charge in [0.15, 0.2) is 0 Å². The van der Waals surface area contributed by atoms with Crippen LogP contribution in [0.1, 0.15) is 67.2 Å². The highest BCUT2D eigenvalue weighted by Crippen LogP contribution is 2.36. The van der Waals surface area contributed by atoms with Gasteiger partial charge in [-0.1, -0.05) is 94.3 Å². The first-order chi connectivity index (χ1) is 16.0. The summed E-state index contributed by atoms with van der Waals surface area (Å²) in [6.07, 6.45) is 3.00. The second-order valence-corrected chi connectivity index (χ2v) is 15.2. The third-order valence-electron chi connectivity index (χ3n) is 5.87. The average Bonchev–Trinajstić information content (AvgIpc) is 2.77. The fourth-order valence-corrected chi connectivity index (χ4v) is 8.95. The molecule has 0 spiro atoms. The van der Waals surface area contributed by atoms with Gasteiger partial charge >= 0.3 is 6.09 Å². The quantitative estimate of drug-likeness (QED) is 0.347. The first-order valence-corrected chi connectivity index (χ1v) is 14.3. The van der Waals surface area contributed by atoms with E-state index in [1.807, 2.05) is 20.8 Å². The molecule has 0 saturated heterocycles. The van der Waals surface area contributed by atoms with Crippen LogP contribution in [0.5, 0.6) is 0 Å². The van der Waals surface area contributed by atoms with Crippen molar-refractivity contribution in [2.24, 2.45) is 0 Å². The Morgan fingerprint density at radius 2 is 1.41 bits per heavy atom. The van der Waals surface area contributed by atoms with Crippen molar-refractivity contribution in [1.82, 2.24) is 5.32 Å². The van der Waals surface area contributed by atoms with Gasteiger partial charge in [-0.2, -0.15) is 0 Å². The van der Waals surface area contributed by atoms with Gasteiger partial charge in [0.2, 0.25) is 0 Å². The van der Waals surface area contributed by atoms with Crippen molar-refractivity contribution in [1.29, 1.82) is 0 Å². The summed E-state index contributed by atoms with van der Waals surface area (Å²) in [6.45, 7) is 12.9. The van der Waals surface area contributed by atoms with Gasteiger partial charge in [-0.25, -0.2) is 4.79 Å². The third kappa shape index (κ3) is 7.96. The lowest BCUT2D eigenvalue weighted by Gasteiger charge is -2.43. The Kier molecular flexibility index (Phi) is 10.3. The molecule has 0 bridgehead atoms. The van der Waals surface area contributed by atoms with Crippen LogP contribution in [-0.2, 0) is 9.16 Å². The van der Waals surface area contributed by atoms with E-state index in [-0.39, 0.29) is 17.7 Å². The average molecular weight is 486 g/mol. The standard InChI is InChI=1S/C28H43NO4Si/c1-27(2,3)33-26(31)29-23(22-30)16-10-9-15-21-32-34(28(4,5)6,24-17-11-7-12-18-24)25-19-13-8-14-20-25/h7-8,11-14,17-20,23,30H,9-10,15-16,21-22H2,1-6H3,(H,29,31)/t23-/m1/s1. The molecule has 1 atom stereocenters. The molecule has 0 radical (unpaired) electrons. The van der Waals surface area contributed by atoms with Gasteiger partial charge in [0, 0.05) is 6.61 Å². The van der Waals surface area contributed by atoms with Crippen molar-refractivity contribution >= 4 is 24.8 Å². The van der Waals surface area contributed by atoms with Crippen molar-refractivity contribution in [2.45, 2.75) is 83.9 Å². The summed E-state index contributed by atoms with van der Waals surface area (Å²) >= 11 is 0. The molecule has 0 aromatic heterocycles. The van der Waals surface area contributed by atoms with Gasteiger partial charge in [0.1, 0.15) is 5.60 Å². The number of alkyl carbamates (subject to hydrolysis) is 1. The lowest BCUT2D eigenvalue weighted by molar-refractivity contribution is 0.0478. The molecule has 0 aliphatic carbocycles. The largest absolute Gasteiger partial charge is 0.444 e. The zero-order valence-electron chi connectivity index (χ0n) is 21.8. The topological polar surface area (TPSA) is 67.8 Å². The summed E-state index contributed by atoms with van der Waals surface area (Å²) in [4.78, 5) is 12.0. The van der Waals surface area contributed by atoms with Gasteiger partial charge in [0.25, 0.3) is 8.32 Å². The second-order valence-electron chi connectivity index (χ2n) is 10.9. The summed E-state index contributed by atoms with van der Waals surface area (Å²) in [7, 11) is -2.50. The van der Waals surface area contributed by atoms with Gasteiger partial charge in [-0.15, -0.1) is 0 Å². The Labute approximate surface area is 207 Å². The van der Waals surface area contributed by atoms with E-state index in [2.05, 4.69) is 86.8 Å². The molecule has 34 heavy (non-hydrogen) atoms. The summed E-state index contributed by atoms with van der Waals surface area (Å²) in [5.41, 5.74) is -0.553. The molecule has 0 heterocycles. The number of rotatable bonds is 11. The highest BCUT2D eigenvalue weighted by molar-refractivity contribution is 6.99. The zero-order chi connectivity index (χ0) is 25.2. The van der Waals surface area contributed by atoms with Crippen molar-refractivity contribution in [2.75, 3.05) is 13.2 Å². The number of nitrogens with one attached hydrogen (secondary N) is 1. The predicted octanol–water partition coefficient (Wildman–Crippen LogP) is 5.01. The molecule has 1 amide bonds. The number of ether oxygens (including phenoxy) is 1. The fourth-order valence-electron chi connectivity index (χ4n) is 4.34. The summed E-state index contributed by atoms with van der Waals surface area (Å²) < 4.78 is 12.2. The van der Waals surface area contributed by atoms with Gasteiger partial charge in [0.05, 0.1) is 12.6 Å². The Morgan fingerprint density at radius 3 is 1.85 bits per heavy atom. The monoisotopic (exact) mass is 485 g/mol. The number of aliphatic hydroxyl groups is 1. The Morgan fingerprint density at radius 1 is 0.882 bits per heavy atom. The van der Waals surface area contributed by atoms with E-state index in [0.717, 1.165) is 19.3 Å². The number of carbonyl (C=O) groups excluding carboxylic acids is 1. The van der Waals surface area contributed by atoms with Crippen molar-refractivity contribution < 1.29 is 19.1 Å². The van der Waals surface area contributed by atoms with E-state index >= 15 is 0 Å². The highest BCUT2D eigenvalue weighted by atomic mass is 28.4. The lowest BCUT2D eigenvalue weighted by atomic mass is 10.1. The smallest absolute Gasteiger partial charge is 0.407 e. The van der Waals surface area contributed by atoms with Crippen LogP contribution >= 0.6 is 0 Å². The van der Waals surface area contributed by atoms with Crippen molar-refractivity contribution in [3.63, 3.8) is 0 Å². The number of carbonyl (C=O) groups is 1. The first-order valence-electron chi connectivity index (χ1n) is 12.3. The van der Waals surface area contributed by atoms with Crippen LogP contribution < -0.4 is 15.7 Å². The maximum Gasteiger partial charge on any atom is 0.407 e. The van der Waals surface area contributed by atoms with Crippen LogP contribution in [0.25, 0.3) is 0 Å². The molecule has 0 aliphatic rings. The number of hydrogen-bond donors (Lipinski definition) is 2. The van der Waals surface area contributed by atoms with E-state index in [9.17, 15) is 9.90 Å². The number of hydrogen-bond acceptors (Lipinski definition) is 4. The van der Waals surface area contributed by atoms with Gasteiger partial charge < -0.3 is 19.6 Å². The normalized spacial score (nSPS) is 13.4. The summed E-state index contributed by atoms with van der Waals surface area (Å²) in [6, 6.07) is 21.0. The minimum absolute atomic E-state index is 0.0327. The van der Waals surface area contributed by atoms with Crippen LogP contribution in [0.3, 0.4) is 0 Å². The molecule has 0 saturated carbocycles. The molecule has 0 unspecified atom stereocenters. The molecule has 2 aromatic carbocycles. The Bertz CT molecular complexity index is 820. The van der Waals surface area contributed by atoms with Gasteiger partial charge in [-0.3, -0.25) is 0 Å². The fraction of sp³-hybridized carbons (Fsp3) is 0.536. The lowest BCUT2D eigenvalue weighted by Crippen LogP contribution is -2.66.